The van der Waals surface area contributed by atoms with Crippen LogP contribution in [-0.4, -0.2) is 19.9 Å². The Kier molecular flexibility index (Phi) is 4.23. The van der Waals surface area contributed by atoms with Crippen LogP contribution in [0.4, 0.5) is 5.69 Å². The number of aromatic nitrogens is 4. The molecule has 0 aliphatic rings. The average Bonchev–Trinajstić information content (AvgIpc) is 2.92. The molecule has 0 aliphatic heterocycles. The lowest BCUT2D eigenvalue weighted by molar-refractivity contribution is 1.36. The lowest BCUT2D eigenvalue weighted by Gasteiger charge is -2.11. The molecule has 0 unspecified atom stereocenters. The SMILES string of the molecule is Nc1ccc(-c2ccc3ccc4cccnc4c3n2)cc1-c1ccc2ccc3cccnc3c2n1. The summed E-state index contributed by atoms with van der Waals surface area (Å²) in [4.78, 5) is 19.1. The Labute approximate surface area is 200 Å². The molecule has 0 radical (unpaired) electrons. The lowest BCUT2D eigenvalue weighted by atomic mass is 10.0. The van der Waals surface area contributed by atoms with Crippen LogP contribution in [0.5, 0.6) is 0 Å². The van der Waals surface area contributed by atoms with Crippen LogP contribution < -0.4 is 5.73 Å². The summed E-state index contributed by atoms with van der Waals surface area (Å²) in [6, 6.07) is 30.5. The van der Waals surface area contributed by atoms with E-state index >= 15 is 0 Å². The standard InChI is InChI=1S/C30H19N5/c31-24-12-9-22(25-13-10-20-7-5-18-3-1-15-32-27(18)29(20)34-25)17-23(24)26-14-11-21-8-6-19-4-2-16-33-28(19)30(21)35-26/h1-17H,31H2. The van der Waals surface area contributed by atoms with Gasteiger partial charge in [-0.1, -0.05) is 54.6 Å². The molecule has 7 aromatic rings. The highest BCUT2D eigenvalue weighted by atomic mass is 14.8. The van der Waals surface area contributed by atoms with E-state index in [0.717, 1.165) is 66.1 Å². The second-order valence-corrected chi connectivity index (χ2v) is 8.62. The largest absolute Gasteiger partial charge is 0.398 e. The maximum absolute atomic E-state index is 6.44. The van der Waals surface area contributed by atoms with Crippen LogP contribution in [0.15, 0.2) is 103 Å². The van der Waals surface area contributed by atoms with Crippen molar-refractivity contribution in [2.24, 2.45) is 0 Å². The summed E-state index contributed by atoms with van der Waals surface area (Å²) in [7, 11) is 0. The number of nitrogens with zero attached hydrogens (tertiary/aromatic N) is 4. The molecule has 0 fully saturated rings. The van der Waals surface area contributed by atoms with Gasteiger partial charge in [-0.25, -0.2) is 9.97 Å². The summed E-state index contributed by atoms with van der Waals surface area (Å²) in [5.41, 5.74) is 14.2. The normalized spacial score (nSPS) is 11.5. The van der Waals surface area contributed by atoms with Crippen molar-refractivity contribution in [2.75, 3.05) is 5.73 Å². The predicted octanol–water partition coefficient (Wildman–Crippen LogP) is 6.80. The van der Waals surface area contributed by atoms with Crippen LogP contribution in [0.3, 0.4) is 0 Å². The molecule has 4 aromatic heterocycles. The van der Waals surface area contributed by atoms with Crippen LogP contribution in [0.25, 0.3) is 66.1 Å². The second kappa shape index (κ2) is 7.57. The quantitative estimate of drug-likeness (QED) is 0.232. The Morgan fingerprint density at radius 3 is 1.63 bits per heavy atom. The topological polar surface area (TPSA) is 77.6 Å². The zero-order chi connectivity index (χ0) is 23.4. The number of benzene rings is 3. The molecule has 3 aromatic carbocycles. The van der Waals surface area contributed by atoms with Gasteiger partial charge in [0.1, 0.15) is 0 Å². The molecule has 0 saturated heterocycles. The van der Waals surface area contributed by atoms with Crippen molar-refractivity contribution in [3.05, 3.63) is 103 Å². The second-order valence-electron chi connectivity index (χ2n) is 8.62. The van der Waals surface area contributed by atoms with Crippen molar-refractivity contribution in [3.8, 4) is 22.5 Å². The average molecular weight is 450 g/mol. The summed E-state index contributed by atoms with van der Waals surface area (Å²) in [5, 5.41) is 4.24. The number of hydrogen-bond donors (Lipinski definition) is 1. The first-order valence-electron chi connectivity index (χ1n) is 11.4. The number of hydrogen-bond acceptors (Lipinski definition) is 5. The van der Waals surface area contributed by atoms with Crippen LogP contribution in [0, 0.1) is 0 Å². The van der Waals surface area contributed by atoms with Gasteiger partial charge in [0.2, 0.25) is 0 Å². The van der Waals surface area contributed by atoms with Gasteiger partial charge in [-0.3, -0.25) is 9.97 Å². The third-order valence-electron chi connectivity index (χ3n) is 6.49. The Bertz CT molecular complexity index is 1930. The molecule has 164 valence electrons. The highest BCUT2D eigenvalue weighted by Gasteiger charge is 2.12. The molecular weight excluding hydrogens is 430 g/mol. The van der Waals surface area contributed by atoms with Crippen LogP contribution in [-0.2, 0) is 0 Å². The number of anilines is 1. The minimum atomic E-state index is 0.668. The first-order valence-corrected chi connectivity index (χ1v) is 11.4. The fourth-order valence-electron chi connectivity index (χ4n) is 4.70. The predicted molar refractivity (Wildman–Crippen MR) is 143 cm³/mol. The summed E-state index contributed by atoms with van der Waals surface area (Å²) in [6.07, 6.45) is 3.61. The molecule has 2 N–H and O–H groups in total. The van der Waals surface area contributed by atoms with E-state index in [0.29, 0.717) is 5.69 Å². The molecule has 35 heavy (non-hydrogen) atoms. The zero-order valence-corrected chi connectivity index (χ0v) is 18.7. The monoisotopic (exact) mass is 449 g/mol. The van der Waals surface area contributed by atoms with E-state index in [1.807, 2.05) is 36.4 Å². The van der Waals surface area contributed by atoms with Crippen molar-refractivity contribution in [2.45, 2.75) is 0 Å². The summed E-state index contributed by atoms with van der Waals surface area (Å²) in [5.74, 6) is 0. The molecular formula is C30H19N5. The zero-order valence-electron chi connectivity index (χ0n) is 18.7. The minimum absolute atomic E-state index is 0.668. The fourth-order valence-corrected chi connectivity index (χ4v) is 4.70. The maximum atomic E-state index is 6.44. The Hall–Kier alpha value is -4.90. The van der Waals surface area contributed by atoms with E-state index in [4.69, 9.17) is 15.7 Å². The molecule has 4 heterocycles. The highest BCUT2D eigenvalue weighted by molar-refractivity contribution is 6.04. The van der Waals surface area contributed by atoms with Crippen LogP contribution >= 0.6 is 0 Å². The third kappa shape index (κ3) is 3.17. The van der Waals surface area contributed by atoms with E-state index in [-0.39, 0.29) is 0 Å². The number of fused-ring (bicyclic) bond motifs is 6. The van der Waals surface area contributed by atoms with Crippen molar-refractivity contribution < 1.29 is 0 Å². The van der Waals surface area contributed by atoms with E-state index < -0.39 is 0 Å². The Morgan fingerprint density at radius 2 is 1.00 bits per heavy atom. The molecule has 0 amide bonds. The Morgan fingerprint density at radius 1 is 0.486 bits per heavy atom. The van der Waals surface area contributed by atoms with Gasteiger partial charge in [0.05, 0.1) is 33.5 Å². The van der Waals surface area contributed by atoms with Gasteiger partial charge in [-0.15, -0.1) is 0 Å². The first kappa shape index (κ1) is 19.6. The Balaban J connectivity index is 1.40. The summed E-state index contributed by atoms with van der Waals surface area (Å²) >= 11 is 0. The van der Waals surface area contributed by atoms with E-state index in [2.05, 4.69) is 64.6 Å². The molecule has 5 heteroatoms. The van der Waals surface area contributed by atoms with Gasteiger partial charge in [0.15, 0.2) is 0 Å². The first-order chi connectivity index (χ1) is 17.2. The number of nitrogens with two attached hydrogens (primary N) is 1. The number of rotatable bonds is 2. The molecule has 0 spiro atoms. The van der Waals surface area contributed by atoms with Crippen molar-refractivity contribution >= 4 is 49.3 Å². The molecule has 0 bridgehead atoms. The molecule has 0 saturated carbocycles. The van der Waals surface area contributed by atoms with Gasteiger partial charge in [-0.2, -0.15) is 0 Å². The molecule has 7 rings (SSSR count). The smallest absolute Gasteiger partial charge is 0.0972 e. The van der Waals surface area contributed by atoms with Crippen LogP contribution in [0.1, 0.15) is 0 Å². The maximum Gasteiger partial charge on any atom is 0.0972 e. The number of pyridine rings is 4. The molecule has 5 nitrogen and oxygen atoms in total. The van der Waals surface area contributed by atoms with Gasteiger partial charge in [-0.05, 0) is 36.4 Å². The summed E-state index contributed by atoms with van der Waals surface area (Å²) < 4.78 is 0. The van der Waals surface area contributed by atoms with Gasteiger partial charge in [0.25, 0.3) is 0 Å². The molecule has 0 atom stereocenters. The summed E-state index contributed by atoms with van der Waals surface area (Å²) in [6.45, 7) is 0. The fraction of sp³-hybridized carbons (Fsp3) is 0. The van der Waals surface area contributed by atoms with Crippen molar-refractivity contribution in [1.82, 2.24) is 19.9 Å². The number of nitrogen functional groups attached to an aromatic ring is 1. The molecule has 0 aliphatic carbocycles. The van der Waals surface area contributed by atoms with Gasteiger partial charge >= 0.3 is 0 Å². The van der Waals surface area contributed by atoms with Gasteiger partial charge < -0.3 is 5.73 Å². The lowest BCUT2D eigenvalue weighted by Crippen LogP contribution is -1.95. The van der Waals surface area contributed by atoms with Crippen molar-refractivity contribution in [1.29, 1.82) is 0 Å². The highest BCUT2D eigenvalue weighted by Crippen LogP contribution is 2.33. The van der Waals surface area contributed by atoms with E-state index in [1.165, 1.54) is 0 Å². The van der Waals surface area contributed by atoms with E-state index in [9.17, 15) is 0 Å². The third-order valence-corrected chi connectivity index (χ3v) is 6.49. The van der Waals surface area contributed by atoms with Gasteiger partial charge in [0, 0.05) is 50.8 Å². The van der Waals surface area contributed by atoms with Crippen LogP contribution in [0.2, 0.25) is 0 Å². The minimum Gasteiger partial charge on any atom is -0.398 e. The van der Waals surface area contributed by atoms with E-state index in [1.54, 1.807) is 12.4 Å². The van der Waals surface area contributed by atoms with Crippen molar-refractivity contribution in [3.63, 3.8) is 0 Å².